The van der Waals surface area contributed by atoms with Gasteiger partial charge >= 0.3 is 0 Å². The maximum absolute atomic E-state index is 11.6. The van der Waals surface area contributed by atoms with E-state index in [9.17, 15) is 4.79 Å². The highest BCUT2D eigenvalue weighted by molar-refractivity contribution is 7.12. The quantitative estimate of drug-likeness (QED) is 0.739. The molecule has 0 aromatic carbocycles. The zero-order valence-electron chi connectivity index (χ0n) is 7.91. The molecule has 3 nitrogen and oxygen atoms in total. The van der Waals surface area contributed by atoms with E-state index >= 15 is 0 Å². The van der Waals surface area contributed by atoms with Crippen molar-refractivity contribution in [1.29, 1.82) is 0 Å². The van der Waals surface area contributed by atoms with Crippen molar-refractivity contribution in [3.8, 4) is 12.3 Å². The van der Waals surface area contributed by atoms with Crippen LogP contribution in [0.3, 0.4) is 0 Å². The Labute approximate surface area is 87.3 Å². The first-order valence-electron chi connectivity index (χ1n) is 4.29. The summed E-state index contributed by atoms with van der Waals surface area (Å²) in [5.41, 5.74) is 6.10. The number of nitrogens with one attached hydrogen (secondary N) is 1. The highest BCUT2D eigenvalue weighted by Crippen LogP contribution is 2.18. The second-order valence-electron chi connectivity index (χ2n) is 2.81. The maximum atomic E-state index is 11.6. The lowest BCUT2D eigenvalue weighted by molar-refractivity contribution is 0.0950. The Balaban J connectivity index is 2.69. The van der Waals surface area contributed by atoms with Gasteiger partial charge in [-0.25, -0.2) is 0 Å². The molecule has 1 amide bonds. The van der Waals surface area contributed by atoms with Gasteiger partial charge in [0.1, 0.15) is 4.88 Å². The largest absolute Gasteiger partial charge is 0.397 e. The topological polar surface area (TPSA) is 55.1 Å². The van der Waals surface area contributed by atoms with E-state index < -0.39 is 0 Å². The molecule has 0 aliphatic carbocycles. The van der Waals surface area contributed by atoms with Crippen LogP contribution < -0.4 is 11.1 Å². The monoisotopic (exact) mass is 208 g/mol. The molecule has 0 aliphatic rings. The average molecular weight is 208 g/mol. The van der Waals surface area contributed by atoms with E-state index in [1.54, 1.807) is 11.4 Å². The summed E-state index contributed by atoms with van der Waals surface area (Å²) in [4.78, 5) is 12.1. The smallest absolute Gasteiger partial charge is 0.264 e. The van der Waals surface area contributed by atoms with Gasteiger partial charge in [-0.1, -0.05) is 12.8 Å². The van der Waals surface area contributed by atoms with Gasteiger partial charge in [0, 0.05) is 0 Å². The minimum atomic E-state index is -0.219. The van der Waals surface area contributed by atoms with Crippen LogP contribution in [-0.4, -0.2) is 11.9 Å². The highest BCUT2D eigenvalue weighted by Gasteiger charge is 2.13. The van der Waals surface area contributed by atoms with Crippen LogP contribution in [0.25, 0.3) is 0 Å². The molecule has 0 fully saturated rings. The number of carbonyl (C=O) groups is 1. The number of hydrogen-bond acceptors (Lipinski definition) is 3. The van der Waals surface area contributed by atoms with Crippen molar-refractivity contribution in [2.24, 2.45) is 0 Å². The van der Waals surface area contributed by atoms with Crippen LogP contribution in [0.4, 0.5) is 5.69 Å². The summed E-state index contributed by atoms with van der Waals surface area (Å²) < 4.78 is 0. The fourth-order valence-electron chi connectivity index (χ4n) is 0.989. The van der Waals surface area contributed by atoms with Gasteiger partial charge in [0.15, 0.2) is 0 Å². The number of nitrogens with two attached hydrogens (primary N) is 1. The van der Waals surface area contributed by atoms with E-state index in [1.807, 2.05) is 6.92 Å². The predicted molar refractivity (Wildman–Crippen MR) is 59.1 cm³/mol. The SMILES string of the molecule is C#CC(CC)NC(=O)c1sccc1N. The van der Waals surface area contributed by atoms with E-state index in [1.165, 1.54) is 11.3 Å². The van der Waals surface area contributed by atoms with Crippen LogP contribution in [0.5, 0.6) is 0 Å². The summed E-state index contributed by atoms with van der Waals surface area (Å²) in [5, 5.41) is 4.49. The van der Waals surface area contributed by atoms with E-state index in [4.69, 9.17) is 12.2 Å². The van der Waals surface area contributed by atoms with Crippen LogP contribution in [0.15, 0.2) is 11.4 Å². The summed E-state index contributed by atoms with van der Waals surface area (Å²) in [6.07, 6.45) is 5.95. The number of nitrogen functional groups attached to an aromatic ring is 1. The summed E-state index contributed by atoms with van der Waals surface area (Å²) >= 11 is 1.31. The normalized spacial score (nSPS) is 11.7. The minimum Gasteiger partial charge on any atom is -0.397 e. The number of anilines is 1. The molecule has 74 valence electrons. The Bertz CT molecular complexity index is 364. The second-order valence-corrected chi connectivity index (χ2v) is 3.72. The van der Waals surface area contributed by atoms with Gasteiger partial charge in [-0.2, -0.15) is 0 Å². The lowest BCUT2D eigenvalue weighted by atomic mass is 10.2. The summed E-state index contributed by atoms with van der Waals surface area (Å²) in [5.74, 6) is 2.30. The Morgan fingerprint density at radius 3 is 3.00 bits per heavy atom. The molecule has 1 atom stereocenters. The molecule has 1 unspecified atom stereocenters. The van der Waals surface area contributed by atoms with Crippen molar-refractivity contribution in [1.82, 2.24) is 5.32 Å². The first-order valence-corrected chi connectivity index (χ1v) is 5.17. The molecule has 0 bridgehead atoms. The zero-order chi connectivity index (χ0) is 10.6. The van der Waals surface area contributed by atoms with Crippen LogP contribution in [0.2, 0.25) is 0 Å². The third-order valence-electron chi connectivity index (χ3n) is 1.82. The summed E-state index contributed by atoms with van der Waals surface area (Å²) in [6.45, 7) is 1.92. The van der Waals surface area contributed by atoms with Crippen LogP contribution in [0, 0.1) is 12.3 Å². The van der Waals surface area contributed by atoms with Gasteiger partial charge in [-0.05, 0) is 17.9 Å². The Morgan fingerprint density at radius 2 is 2.57 bits per heavy atom. The van der Waals surface area contributed by atoms with Gasteiger partial charge in [-0.3, -0.25) is 4.79 Å². The van der Waals surface area contributed by atoms with E-state index in [-0.39, 0.29) is 11.9 Å². The molecule has 0 saturated carbocycles. The van der Waals surface area contributed by atoms with Crippen molar-refractivity contribution < 1.29 is 4.79 Å². The molecule has 0 aliphatic heterocycles. The lowest BCUT2D eigenvalue weighted by Crippen LogP contribution is -2.32. The molecule has 3 N–H and O–H groups in total. The van der Waals surface area contributed by atoms with Gasteiger partial charge < -0.3 is 11.1 Å². The van der Waals surface area contributed by atoms with E-state index in [0.717, 1.165) is 0 Å². The van der Waals surface area contributed by atoms with Crippen molar-refractivity contribution in [3.63, 3.8) is 0 Å². The molecule has 0 radical (unpaired) electrons. The first kappa shape index (κ1) is 10.6. The average Bonchev–Trinajstić information content (AvgIpc) is 2.60. The highest BCUT2D eigenvalue weighted by atomic mass is 32.1. The molecular weight excluding hydrogens is 196 g/mol. The fourth-order valence-corrected chi connectivity index (χ4v) is 1.71. The van der Waals surface area contributed by atoms with Gasteiger partial charge in [0.05, 0.1) is 11.7 Å². The molecule has 0 saturated heterocycles. The van der Waals surface area contributed by atoms with Crippen molar-refractivity contribution in [2.75, 3.05) is 5.73 Å². The first-order chi connectivity index (χ1) is 6.69. The number of carbonyl (C=O) groups excluding carboxylic acids is 1. The number of hydrogen-bond donors (Lipinski definition) is 2. The third-order valence-corrected chi connectivity index (χ3v) is 2.75. The van der Waals surface area contributed by atoms with E-state index in [0.29, 0.717) is 17.0 Å². The summed E-state index contributed by atoms with van der Waals surface area (Å²) in [7, 11) is 0. The van der Waals surface area contributed by atoms with Crippen LogP contribution >= 0.6 is 11.3 Å². The van der Waals surface area contributed by atoms with Crippen LogP contribution in [-0.2, 0) is 0 Å². The van der Waals surface area contributed by atoms with Crippen molar-refractivity contribution in [3.05, 3.63) is 16.3 Å². The molecule has 1 heterocycles. The third kappa shape index (κ3) is 2.27. The van der Waals surface area contributed by atoms with Crippen molar-refractivity contribution >= 4 is 22.9 Å². The zero-order valence-corrected chi connectivity index (χ0v) is 8.73. The van der Waals surface area contributed by atoms with Crippen molar-refractivity contribution in [2.45, 2.75) is 19.4 Å². The Hall–Kier alpha value is -1.47. The van der Waals surface area contributed by atoms with Gasteiger partial charge in [-0.15, -0.1) is 17.8 Å². The molecule has 4 heteroatoms. The Morgan fingerprint density at radius 1 is 1.86 bits per heavy atom. The standard InChI is InChI=1S/C10H12N2OS/c1-3-7(4-2)12-10(13)9-8(11)5-6-14-9/h1,5-7H,4,11H2,2H3,(H,12,13). The molecule has 1 aromatic rings. The molecule has 0 spiro atoms. The predicted octanol–water partition coefficient (Wildman–Crippen LogP) is 1.47. The number of terminal acetylenes is 1. The lowest BCUT2D eigenvalue weighted by Gasteiger charge is -2.09. The minimum absolute atomic E-state index is 0.192. The molecular formula is C10H12N2OS. The summed E-state index contributed by atoms with van der Waals surface area (Å²) in [6, 6.07) is 1.49. The maximum Gasteiger partial charge on any atom is 0.264 e. The second kappa shape index (κ2) is 4.68. The Kier molecular flexibility index (Phi) is 3.55. The van der Waals surface area contributed by atoms with E-state index in [2.05, 4.69) is 11.2 Å². The molecule has 1 aromatic heterocycles. The van der Waals surface area contributed by atoms with Crippen LogP contribution in [0.1, 0.15) is 23.0 Å². The fraction of sp³-hybridized carbons (Fsp3) is 0.300. The van der Waals surface area contributed by atoms with Gasteiger partial charge in [0.2, 0.25) is 0 Å². The van der Waals surface area contributed by atoms with Gasteiger partial charge in [0.25, 0.3) is 5.91 Å². The number of thiophene rings is 1. The molecule has 14 heavy (non-hydrogen) atoms. The number of amides is 1. The molecule has 1 rings (SSSR count). The number of rotatable bonds is 3.